The number of likely N-dealkylation sites (tertiary alicyclic amines) is 1. The molecule has 0 radical (unpaired) electrons. The summed E-state index contributed by atoms with van der Waals surface area (Å²) in [6.45, 7) is 2.36. The van der Waals surface area contributed by atoms with E-state index >= 15 is 0 Å². The maximum Gasteiger partial charge on any atom is 0.234 e. The Kier molecular flexibility index (Phi) is 6.23. The molecular formula is C12H24ClN3O. The maximum absolute atomic E-state index is 11.7. The topological polar surface area (TPSA) is 58.4 Å². The van der Waals surface area contributed by atoms with E-state index in [1.807, 2.05) is 0 Å². The first-order valence-electron chi connectivity index (χ1n) is 6.53. The molecule has 100 valence electrons. The number of carbonyl (C=O) groups excluding carboxylic acids is 1. The smallest absolute Gasteiger partial charge is 0.234 e. The Hall–Kier alpha value is -0.320. The molecule has 1 aliphatic carbocycles. The number of halogens is 1. The van der Waals surface area contributed by atoms with Crippen molar-refractivity contribution in [3.8, 4) is 0 Å². The minimum absolute atomic E-state index is 0. The number of carbonyl (C=O) groups is 1. The highest BCUT2D eigenvalue weighted by atomic mass is 35.5. The normalized spacial score (nSPS) is 25.1. The van der Waals surface area contributed by atoms with Gasteiger partial charge in [-0.05, 0) is 45.2 Å². The Morgan fingerprint density at radius 1 is 1.29 bits per heavy atom. The molecule has 5 heteroatoms. The van der Waals surface area contributed by atoms with Crippen LogP contribution < -0.4 is 11.1 Å². The Labute approximate surface area is 110 Å². The van der Waals surface area contributed by atoms with Gasteiger partial charge in [0.15, 0.2) is 0 Å². The van der Waals surface area contributed by atoms with Crippen molar-refractivity contribution in [1.29, 1.82) is 0 Å². The standard InChI is InChI=1S/C12H23N3O.ClH/c13-7-6-11-3-1-2-8-15(11)9-12(16)14-10-4-5-10;/h10-11H,1-9,13H2,(H,14,16);1H. The molecule has 4 nitrogen and oxygen atoms in total. The van der Waals surface area contributed by atoms with Crippen LogP contribution in [0.15, 0.2) is 0 Å². The molecule has 2 fully saturated rings. The van der Waals surface area contributed by atoms with Crippen LogP contribution in [0.4, 0.5) is 0 Å². The second kappa shape index (κ2) is 7.19. The average Bonchev–Trinajstić information content (AvgIpc) is 3.05. The van der Waals surface area contributed by atoms with Crippen LogP contribution in [-0.2, 0) is 4.79 Å². The SMILES string of the molecule is Cl.NCCC1CCCCN1CC(=O)NC1CC1. The predicted octanol–water partition coefficient (Wildman–Crippen LogP) is 0.890. The lowest BCUT2D eigenvalue weighted by atomic mass is 9.99. The summed E-state index contributed by atoms with van der Waals surface area (Å²) in [5.41, 5.74) is 5.62. The minimum atomic E-state index is 0. The Morgan fingerprint density at radius 3 is 2.71 bits per heavy atom. The molecule has 1 atom stereocenters. The molecule has 2 rings (SSSR count). The highest BCUT2D eigenvalue weighted by Crippen LogP contribution is 2.20. The van der Waals surface area contributed by atoms with E-state index in [0.29, 0.717) is 18.6 Å². The quantitative estimate of drug-likeness (QED) is 0.773. The molecule has 1 amide bonds. The van der Waals surface area contributed by atoms with Gasteiger partial charge in [-0.25, -0.2) is 0 Å². The molecule has 1 saturated carbocycles. The zero-order chi connectivity index (χ0) is 11.4. The van der Waals surface area contributed by atoms with Crippen molar-refractivity contribution in [2.45, 2.75) is 50.6 Å². The molecule has 1 heterocycles. The van der Waals surface area contributed by atoms with Gasteiger partial charge in [0, 0.05) is 12.1 Å². The molecule has 0 aromatic carbocycles. The van der Waals surface area contributed by atoms with Crippen molar-refractivity contribution in [2.75, 3.05) is 19.6 Å². The van der Waals surface area contributed by atoms with Gasteiger partial charge in [-0.1, -0.05) is 6.42 Å². The summed E-state index contributed by atoms with van der Waals surface area (Å²) in [5, 5.41) is 3.05. The van der Waals surface area contributed by atoms with Crippen LogP contribution in [0.2, 0.25) is 0 Å². The van der Waals surface area contributed by atoms with E-state index in [4.69, 9.17) is 5.73 Å². The fraction of sp³-hybridized carbons (Fsp3) is 0.917. The number of amides is 1. The molecular weight excluding hydrogens is 238 g/mol. The zero-order valence-electron chi connectivity index (χ0n) is 10.4. The Balaban J connectivity index is 0.00000144. The summed E-state index contributed by atoms with van der Waals surface area (Å²) in [4.78, 5) is 14.0. The summed E-state index contributed by atoms with van der Waals surface area (Å²) < 4.78 is 0. The second-order valence-corrected chi connectivity index (χ2v) is 5.04. The highest BCUT2D eigenvalue weighted by Gasteiger charge is 2.27. The summed E-state index contributed by atoms with van der Waals surface area (Å²) >= 11 is 0. The molecule has 17 heavy (non-hydrogen) atoms. The molecule has 0 aromatic heterocycles. The van der Waals surface area contributed by atoms with Crippen molar-refractivity contribution in [1.82, 2.24) is 10.2 Å². The van der Waals surface area contributed by atoms with E-state index in [2.05, 4.69) is 10.2 Å². The van der Waals surface area contributed by atoms with Gasteiger partial charge in [-0.2, -0.15) is 0 Å². The van der Waals surface area contributed by atoms with Crippen LogP contribution in [0.1, 0.15) is 38.5 Å². The van der Waals surface area contributed by atoms with Crippen LogP contribution in [0, 0.1) is 0 Å². The number of nitrogens with zero attached hydrogens (tertiary/aromatic N) is 1. The molecule has 1 saturated heterocycles. The highest BCUT2D eigenvalue weighted by molar-refractivity contribution is 5.85. The summed E-state index contributed by atoms with van der Waals surface area (Å²) in [7, 11) is 0. The number of piperidine rings is 1. The lowest BCUT2D eigenvalue weighted by Gasteiger charge is -2.35. The van der Waals surface area contributed by atoms with Crippen LogP contribution >= 0.6 is 12.4 Å². The largest absolute Gasteiger partial charge is 0.352 e. The van der Waals surface area contributed by atoms with Gasteiger partial charge in [0.05, 0.1) is 6.54 Å². The summed E-state index contributed by atoms with van der Waals surface area (Å²) in [6.07, 6.45) is 7.06. The first-order valence-corrected chi connectivity index (χ1v) is 6.53. The monoisotopic (exact) mass is 261 g/mol. The Bertz CT molecular complexity index is 244. The maximum atomic E-state index is 11.7. The zero-order valence-corrected chi connectivity index (χ0v) is 11.2. The van der Waals surface area contributed by atoms with Crippen molar-refractivity contribution in [2.24, 2.45) is 5.73 Å². The fourth-order valence-electron chi connectivity index (χ4n) is 2.47. The Morgan fingerprint density at radius 2 is 2.06 bits per heavy atom. The van der Waals surface area contributed by atoms with Crippen LogP contribution in [0.5, 0.6) is 0 Å². The van der Waals surface area contributed by atoms with E-state index in [9.17, 15) is 4.79 Å². The lowest BCUT2D eigenvalue weighted by molar-refractivity contribution is -0.123. The predicted molar refractivity (Wildman–Crippen MR) is 71.3 cm³/mol. The van der Waals surface area contributed by atoms with E-state index < -0.39 is 0 Å². The fourth-order valence-corrected chi connectivity index (χ4v) is 2.47. The number of rotatable bonds is 5. The first kappa shape index (κ1) is 14.7. The molecule has 1 aliphatic heterocycles. The third kappa shape index (κ3) is 4.82. The van der Waals surface area contributed by atoms with Crippen molar-refractivity contribution in [3.63, 3.8) is 0 Å². The van der Waals surface area contributed by atoms with Crippen LogP contribution in [0.25, 0.3) is 0 Å². The number of hydrogen-bond acceptors (Lipinski definition) is 3. The van der Waals surface area contributed by atoms with Gasteiger partial charge in [0.25, 0.3) is 0 Å². The van der Waals surface area contributed by atoms with Crippen LogP contribution in [-0.4, -0.2) is 42.5 Å². The van der Waals surface area contributed by atoms with Gasteiger partial charge in [-0.3, -0.25) is 9.69 Å². The van der Waals surface area contributed by atoms with Gasteiger partial charge < -0.3 is 11.1 Å². The average molecular weight is 262 g/mol. The van der Waals surface area contributed by atoms with Gasteiger partial charge in [-0.15, -0.1) is 12.4 Å². The van der Waals surface area contributed by atoms with Gasteiger partial charge in [0.2, 0.25) is 5.91 Å². The number of nitrogens with two attached hydrogens (primary N) is 1. The van der Waals surface area contributed by atoms with Crippen LogP contribution in [0.3, 0.4) is 0 Å². The molecule has 3 N–H and O–H groups in total. The summed E-state index contributed by atoms with van der Waals surface area (Å²) in [5.74, 6) is 0.200. The van der Waals surface area contributed by atoms with E-state index in [1.165, 1.54) is 19.3 Å². The third-order valence-corrected chi connectivity index (χ3v) is 3.54. The molecule has 1 unspecified atom stereocenters. The summed E-state index contributed by atoms with van der Waals surface area (Å²) in [6, 6.07) is 1.01. The van der Waals surface area contributed by atoms with Gasteiger partial charge >= 0.3 is 0 Å². The molecule has 0 bridgehead atoms. The third-order valence-electron chi connectivity index (χ3n) is 3.54. The van der Waals surface area contributed by atoms with Crippen molar-refractivity contribution < 1.29 is 4.79 Å². The molecule has 2 aliphatic rings. The second-order valence-electron chi connectivity index (χ2n) is 5.04. The molecule has 0 spiro atoms. The van der Waals surface area contributed by atoms with Crippen molar-refractivity contribution >= 4 is 18.3 Å². The minimum Gasteiger partial charge on any atom is -0.352 e. The first-order chi connectivity index (χ1) is 7.79. The van der Waals surface area contributed by atoms with E-state index in [-0.39, 0.29) is 18.3 Å². The van der Waals surface area contributed by atoms with Crippen molar-refractivity contribution in [3.05, 3.63) is 0 Å². The number of nitrogens with one attached hydrogen (secondary N) is 1. The van der Waals surface area contributed by atoms with E-state index in [0.717, 1.165) is 32.4 Å². The van der Waals surface area contributed by atoms with E-state index in [1.54, 1.807) is 0 Å². The molecule has 0 aromatic rings. The van der Waals surface area contributed by atoms with Gasteiger partial charge in [0.1, 0.15) is 0 Å². The lowest BCUT2D eigenvalue weighted by Crippen LogP contribution is -2.46. The number of hydrogen-bond donors (Lipinski definition) is 2.